The number of rotatable bonds is 6. The van der Waals surface area contributed by atoms with E-state index >= 15 is 0 Å². The van der Waals surface area contributed by atoms with Gasteiger partial charge in [0.05, 0.1) is 23.3 Å². The standard InChI is InChI=1S/C22H30F2N6O/c1-13(2)19-20(31)28-18-14(3)27-17(6-16(18)29(19)5)25-7-15-8-26-30(9-15)12-21(4)10-22(23,24)11-21/h6,8-9,13,19H,7,10-12H2,1-5H3,(H,25,27)(H,28,31). The normalized spacial score (nSPS) is 21.5. The molecule has 1 aliphatic carbocycles. The minimum absolute atomic E-state index is 0.0130. The van der Waals surface area contributed by atoms with E-state index < -0.39 is 11.3 Å². The lowest BCUT2D eigenvalue weighted by atomic mass is 9.67. The summed E-state index contributed by atoms with van der Waals surface area (Å²) >= 11 is 0. The Kier molecular flexibility index (Phi) is 5.18. The van der Waals surface area contributed by atoms with Crippen LogP contribution in [-0.4, -0.2) is 39.7 Å². The number of hydrogen-bond acceptors (Lipinski definition) is 5. The highest BCUT2D eigenvalue weighted by molar-refractivity contribution is 6.04. The van der Waals surface area contributed by atoms with Crippen molar-refractivity contribution < 1.29 is 13.6 Å². The summed E-state index contributed by atoms with van der Waals surface area (Å²) in [7, 11) is 1.93. The summed E-state index contributed by atoms with van der Waals surface area (Å²) in [5.41, 5.74) is 2.97. The van der Waals surface area contributed by atoms with Gasteiger partial charge in [0.25, 0.3) is 0 Å². The van der Waals surface area contributed by atoms with Crippen LogP contribution in [0, 0.1) is 18.3 Å². The molecule has 3 heterocycles. The average Bonchev–Trinajstić information content (AvgIpc) is 3.05. The first kappa shape index (κ1) is 21.5. The van der Waals surface area contributed by atoms with Gasteiger partial charge in [0.1, 0.15) is 11.9 Å². The van der Waals surface area contributed by atoms with E-state index in [1.807, 2.05) is 51.9 Å². The molecule has 1 fully saturated rings. The van der Waals surface area contributed by atoms with Crippen molar-refractivity contribution in [1.82, 2.24) is 14.8 Å². The van der Waals surface area contributed by atoms with Crippen molar-refractivity contribution >= 4 is 23.1 Å². The van der Waals surface area contributed by atoms with E-state index in [1.54, 1.807) is 10.9 Å². The van der Waals surface area contributed by atoms with Crippen LogP contribution in [0.2, 0.25) is 0 Å². The van der Waals surface area contributed by atoms with E-state index in [9.17, 15) is 13.6 Å². The Labute approximate surface area is 181 Å². The van der Waals surface area contributed by atoms with Crippen LogP contribution in [-0.2, 0) is 17.9 Å². The second-order valence-corrected chi connectivity index (χ2v) is 9.70. The van der Waals surface area contributed by atoms with Gasteiger partial charge in [0.15, 0.2) is 0 Å². The molecule has 9 heteroatoms. The molecule has 1 unspecified atom stereocenters. The van der Waals surface area contributed by atoms with E-state index in [0.29, 0.717) is 18.9 Å². The monoisotopic (exact) mass is 432 g/mol. The topological polar surface area (TPSA) is 75.1 Å². The highest BCUT2D eigenvalue weighted by Crippen LogP contribution is 2.52. The number of aromatic nitrogens is 3. The first-order valence-electron chi connectivity index (χ1n) is 10.6. The Morgan fingerprint density at radius 2 is 2.06 bits per heavy atom. The van der Waals surface area contributed by atoms with Crippen LogP contribution in [0.4, 0.5) is 26.0 Å². The molecule has 2 aliphatic rings. The fourth-order valence-electron chi connectivity index (χ4n) is 4.93. The lowest BCUT2D eigenvalue weighted by Crippen LogP contribution is -2.49. The van der Waals surface area contributed by atoms with Crippen LogP contribution in [0.5, 0.6) is 0 Å². The molecule has 1 atom stereocenters. The van der Waals surface area contributed by atoms with Gasteiger partial charge >= 0.3 is 0 Å². The van der Waals surface area contributed by atoms with Crippen LogP contribution in [0.25, 0.3) is 0 Å². The minimum atomic E-state index is -2.54. The van der Waals surface area contributed by atoms with E-state index in [0.717, 1.165) is 22.6 Å². The first-order valence-corrected chi connectivity index (χ1v) is 10.6. The van der Waals surface area contributed by atoms with Crippen molar-refractivity contribution in [3.8, 4) is 0 Å². The van der Waals surface area contributed by atoms with Gasteiger partial charge in [-0.1, -0.05) is 20.8 Å². The molecule has 2 aromatic rings. The van der Waals surface area contributed by atoms with Gasteiger partial charge in [-0.25, -0.2) is 13.8 Å². The molecule has 0 saturated heterocycles. The Balaban J connectivity index is 1.44. The van der Waals surface area contributed by atoms with Gasteiger partial charge in [0.2, 0.25) is 11.8 Å². The molecule has 2 aromatic heterocycles. The third-order valence-electron chi connectivity index (χ3n) is 6.20. The second kappa shape index (κ2) is 7.46. The maximum absolute atomic E-state index is 13.2. The molecule has 0 bridgehead atoms. The van der Waals surface area contributed by atoms with Crippen LogP contribution in [0.3, 0.4) is 0 Å². The summed E-state index contributed by atoms with van der Waals surface area (Å²) in [5.74, 6) is -1.67. The molecule has 168 valence electrons. The summed E-state index contributed by atoms with van der Waals surface area (Å²) in [4.78, 5) is 19.1. The van der Waals surface area contributed by atoms with E-state index in [1.165, 1.54) is 0 Å². The molecule has 7 nitrogen and oxygen atoms in total. The first-order chi connectivity index (χ1) is 14.5. The highest BCUT2D eigenvalue weighted by Gasteiger charge is 2.53. The fourth-order valence-corrected chi connectivity index (χ4v) is 4.93. The van der Waals surface area contributed by atoms with Gasteiger partial charge in [-0.05, 0) is 18.3 Å². The quantitative estimate of drug-likeness (QED) is 0.720. The molecule has 1 aliphatic heterocycles. The van der Waals surface area contributed by atoms with Gasteiger partial charge < -0.3 is 15.5 Å². The zero-order valence-electron chi connectivity index (χ0n) is 18.7. The van der Waals surface area contributed by atoms with E-state index in [-0.39, 0.29) is 30.7 Å². The minimum Gasteiger partial charge on any atom is -0.366 e. The third kappa shape index (κ3) is 4.22. The molecule has 1 amide bonds. The lowest BCUT2D eigenvalue weighted by Gasteiger charge is -2.44. The maximum atomic E-state index is 13.2. The molecule has 2 N–H and O–H groups in total. The maximum Gasteiger partial charge on any atom is 0.249 e. The van der Waals surface area contributed by atoms with E-state index in [4.69, 9.17) is 0 Å². The average molecular weight is 433 g/mol. The molecule has 1 saturated carbocycles. The van der Waals surface area contributed by atoms with Crippen molar-refractivity contribution in [2.75, 3.05) is 22.6 Å². The van der Waals surface area contributed by atoms with Crippen LogP contribution >= 0.6 is 0 Å². The predicted octanol–water partition coefficient (Wildman–Crippen LogP) is 4.05. The second-order valence-electron chi connectivity index (χ2n) is 9.70. The largest absolute Gasteiger partial charge is 0.366 e. The third-order valence-corrected chi connectivity index (χ3v) is 6.20. The molecular weight excluding hydrogens is 402 g/mol. The number of halogens is 2. The SMILES string of the molecule is Cc1nc(NCc2cnn(CC3(C)CC(F)(F)C3)c2)cc2c1NC(=O)C(C(C)C)N2C. The number of carbonyl (C=O) groups excluding carboxylic acids is 1. The Morgan fingerprint density at radius 1 is 1.35 bits per heavy atom. The number of hydrogen-bond donors (Lipinski definition) is 2. The van der Waals surface area contributed by atoms with Crippen LogP contribution in [0.15, 0.2) is 18.5 Å². The number of pyridine rings is 1. The molecule has 4 rings (SSSR count). The number of carbonyl (C=O) groups is 1. The number of likely N-dealkylation sites (N-methyl/N-ethyl adjacent to an activating group) is 1. The summed E-state index contributed by atoms with van der Waals surface area (Å²) in [6.07, 6.45) is 3.46. The summed E-state index contributed by atoms with van der Waals surface area (Å²) in [6, 6.07) is 1.71. The van der Waals surface area contributed by atoms with Crippen molar-refractivity contribution in [3.63, 3.8) is 0 Å². The van der Waals surface area contributed by atoms with Gasteiger partial charge in [0, 0.05) is 50.8 Å². The van der Waals surface area contributed by atoms with Gasteiger partial charge in [-0.2, -0.15) is 5.10 Å². The Bertz CT molecular complexity index is 994. The Hall–Kier alpha value is -2.71. The summed E-state index contributed by atoms with van der Waals surface area (Å²) in [5, 5.41) is 10.7. The molecule has 31 heavy (non-hydrogen) atoms. The van der Waals surface area contributed by atoms with Crippen LogP contribution < -0.4 is 15.5 Å². The highest BCUT2D eigenvalue weighted by atomic mass is 19.3. The summed E-state index contributed by atoms with van der Waals surface area (Å²) in [6.45, 7) is 8.82. The van der Waals surface area contributed by atoms with Crippen molar-refractivity contribution in [2.45, 2.75) is 65.6 Å². The molecule has 0 spiro atoms. The van der Waals surface area contributed by atoms with Crippen molar-refractivity contribution in [3.05, 3.63) is 29.7 Å². The number of fused-ring (bicyclic) bond motifs is 1. The molecular formula is C22H30F2N6O. The van der Waals surface area contributed by atoms with Gasteiger partial charge in [-0.3, -0.25) is 9.48 Å². The number of amides is 1. The number of nitrogens with zero attached hydrogens (tertiary/aromatic N) is 4. The predicted molar refractivity (Wildman–Crippen MR) is 116 cm³/mol. The zero-order chi connectivity index (χ0) is 22.6. The van der Waals surface area contributed by atoms with Gasteiger partial charge in [-0.15, -0.1) is 0 Å². The Morgan fingerprint density at radius 3 is 2.71 bits per heavy atom. The lowest BCUT2D eigenvalue weighted by molar-refractivity contribution is -0.159. The van der Waals surface area contributed by atoms with Crippen molar-refractivity contribution in [2.24, 2.45) is 11.3 Å². The summed E-state index contributed by atoms with van der Waals surface area (Å²) < 4.78 is 28.2. The van der Waals surface area contributed by atoms with Crippen molar-refractivity contribution in [1.29, 1.82) is 0 Å². The molecule has 0 aromatic carbocycles. The zero-order valence-corrected chi connectivity index (χ0v) is 18.7. The van der Waals surface area contributed by atoms with E-state index in [2.05, 4.69) is 20.7 Å². The van der Waals surface area contributed by atoms with Crippen LogP contribution in [0.1, 0.15) is 44.9 Å². The number of aryl methyl sites for hydroxylation is 1. The number of alkyl halides is 2. The number of nitrogens with one attached hydrogen (secondary N) is 2. The fraction of sp³-hybridized carbons (Fsp3) is 0.591. The molecule has 0 radical (unpaired) electrons. The smallest absolute Gasteiger partial charge is 0.249 e. The number of anilines is 3.